The Bertz CT molecular complexity index is 709. The Morgan fingerprint density at radius 3 is 2.67 bits per heavy atom. The van der Waals surface area contributed by atoms with Gasteiger partial charge in [-0.3, -0.25) is 14.9 Å². The first-order valence-electron chi connectivity index (χ1n) is 8.17. The standard InChI is InChI=1S/C18H24N2O4/c1-17(2)8-13(22)15-14(24-17)6-5-11(16(15)19)12(21)7-10-9-23-18(3,4)20-10/h5-6,10,20H,7-9,19H2,1-4H3/t10-/m1/s1. The van der Waals surface area contributed by atoms with Crippen LogP contribution in [0.1, 0.15) is 61.3 Å². The van der Waals surface area contributed by atoms with E-state index in [-0.39, 0.29) is 36.1 Å². The lowest BCUT2D eigenvalue weighted by Crippen LogP contribution is -2.39. The summed E-state index contributed by atoms with van der Waals surface area (Å²) in [6.45, 7) is 8.03. The molecule has 3 rings (SSSR count). The van der Waals surface area contributed by atoms with E-state index in [0.717, 1.165) is 0 Å². The first-order valence-corrected chi connectivity index (χ1v) is 8.17. The molecule has 1 saturated heterocycles. The van der Waals surface area contributed by atoms with Crippen LogP contribution in [0.3, 0.4) is 0 Å². The third-order valence-corrected chi connectivity index (χ3v) is 4.39. The number of carbonyl (C=O) groups excluding carboxylic acids is 2. The molecular formula is C18H24N2O4. The molecule has 2 heterocycles. The molecule has 0 spiro atoms. The van der Waals surface area contributed by atoms with Crippen LogP contribution in [-0.4, -0.2) is 35.5 Å². The van der Waals surface area contributed by atoms with Crippen molar-refractivity contribution in [2.45, 2.75) is 57.9 Å². The largest absolute Gasteiger partial charge is 0.487 e. The lowest BCUT2D eigenvalue weighted by atomic mass is 9.89. The number of Topliss-reactive ketones (excluding diaryl/α,β-unsaturated/α-hetero) is 2. The molecule has 24 heavy (non-hydrogen) atoms. The van der Waals surface area contributed by atoms with Gasteiger partial charge in [0.1, 0.15) is 17.1 Å². The van der Waals surface area contributed by atoms with E-state index in [2.05, 4.69) is 5.32 Å². The number of rotatable bonds is 3. The summed E-state index contributed by atoms with van der Waals surface area (Å²) in [4.78, 5) is 25.0. The summed E-state index contributed by atoms with van der Waals surface area (Å²) in [7, 11) is 0. The topological polar surface area (TPSA) is 90.7 Å². The van der Waals surface area contributed by atoms with Crippen LogP contribution in [0.25, 0.3) is 0 Å². The zero-order valence-corrected chi connectivity index (χ0v) is 14.6. The van der Waals surface area contributed by atoms with Crippen LogP contribution in [0.4, 0.5) is 5.69 Å². The van der Waals surface area contributed by atoms with E-state index in [4.69, 9.17) is 15.2 Å². The van der Waals surface area contributed by atoms with E-state index in [1.54, 1.807) is 12.1 Å². The Morgan fingerprint density at radius 2 is 2.04 bits per heavy atom. The van der Waals surface area contributed by atoms with Gasteiger partial charge in [-0.05, 0) is 39.8 Å². The normalized spacial score (nSPS) is 24.3. The maximum absolute atomic E-state index is 12.6. The van der Waals surface area contributed by atoms with Crippen molar-refractivity contribution < 1.29 is 19.1 Å². The van der Waals surface area contributed by atoms with E-state index in [9.17, 15) is 9.59 Å². The molecule has 0 unspecified atom stereocenters. The Morgan fingerprint density at radius 1 is 1.33 bits per heavy atom. The molecule has 0 radical (unpaired) electrons. The summed E-state index contributed by atoms with van der Waals surface area (Å²) in [6, 6.07) is 3.25. The quantitative estimate of drug-likeness (QED) is 0.652. The molecule has 0 saturated carbocycles. The number of ketones is 2. The van der Waals surface area contributed by atoms with Crippen LogP contribution in [-0.2, 0) is 4.74 Å². The molecule has 2 aliphatic rings. The van der Waals surface area contributed by atoms with Crippen LogP contribution in [0.5, 0.6) is 5.75 Å². The molecule has 1 aromatic rings. The summed E-state index contributed by atoms with van der Waals surface area (Å²) in [6.07, 6.45) is 0.515. The van der Waals surface area contributed by atoms with Gasteiger partial charge in [-0.15, -0.1) is 0 Å². The highest BCUT2D eigenvalue weighted by molar-refractivity contribution is 6.11. The zero-order chi connectivity index (χ0) is 17.7. The van der Waals surface area contributed by atoms with Crippen molar-refractivity contribution in [1.29, 1.82) is 0 Å². The number of anilines is 1. The fraction of sp³-hybridized carbons (Fsp3) is 0.556. The molecule has 0 aliphatic carbocycles. The summed E-state index contributed by atoms with van der Waals surface area (Å²) in [5, 5.41) is 3.26. The molecule has 0 amide bonds. The van der Waals surface area contributed by atoms with Crippen molar-refractivity contribution >= 4 is 17.3 Å². The van der Waals surface area contributed by atoms with E-state index >= 15 is 0 Å². The summed E-state index contributed by atoms with van der Waals surface area (Å²) in [5.74, 6) is 0.261. The second kappa shape index (κ2) is 5.57. The maximum Gasteiger partial charge on any atom is 0.172 e. The fourth-order valence-corrected chi connectivity index (χ4v) is 3.35. The van der Waals surface area contributed by atoms with E-state index < -0.39 is 11.3 Å². The number of nitrogens with two attached hydrogens (primary N) is 1. The number of carbonyl (C=O) groups is 2. The third-order valence-electron chi connectivity index (χ3n) is 4.39. The van der Waals surface area contributed by atoms with Crippen molar-refractivity contribution in [3.8, 4) is 5.75 Å². The highest BCUT2D eigenvalue weighted by Crippen LogP contribution is 2.38. The number of hydrogen-bond acceptors (Lipinski definition) is 6. The number of hydrogen-bond donors (Lipinski definition) is 2. The van der Waals surface area contributed by atoms with Gasteiger partial charge in [0.25, 0.3) is 0 Å². The minimum absolute atomic E-state index is 0.0613. The number of fused-ring (bicyclic) bond motifs is 1. The zero-order valence-electron chi connectivity index (χ0n) is 14.6. The molecule has 1 aromatic carbocycles. The molecule has 1 fully saturated rings. The average Bonchev–Trinajstić information content (AvgIpc) is 2.75. The Labute approximate surface area is 141 Å². The molecular weight excluding hydrogens is 308 g/mol. The molecule has 1 atom stereocenters. The minimum atomic E-state index is -0.557. The predicted octanol–water partition coefficient (Wildman–Crippen LogP) is 2.31. The van der Waals surface area contributed by atoms with Gasteiger partial charge in [-0.25, -0.2) is 0 Å². The van der Waals surface area contributed by atoms with Gasteiger partial charge in [-0.2, -0.15) is 0 Å². The first kappa shape index (κ1) is 16.9. The Hall–Kier alpha value is -1.92. The highest BCUT2D eigenvalue weighted by Gasteiger charge is 2.36. The average molecular weight is 332 g/mol. The van der Waals surface area contributed by atoms with Crippen LogP contribution < -0.4 is 15.8 Å². The second-order valence-corrected chi connectivity index (χ2v) is 7.65. The van der Waals surface area contributed by atoms with Crippen LogP contribution >= 0.6 is 0 Å². The lowest BCUT2D eigenvalue weighted by molar-refractivity contribution is 0.0230. The van der Waals surface area contributed by atoms with Gasteiger partial charge in [0.2, 0.25) is 0 Å². The number of nitrogens with one attached hydrogen (secondary N) is 1. The summed E-state index contributed by atoms with van der Waals surface area (Å²) < 4.78 is 11.4. The molecule has 2 aliphatic heterocycles. The number of ether oxygens (including phenoxy) is 2. The fourth-order valence-electron chi connectivity index (χ4n) is 3.35. The van der Waals surface area contributed by atoms with Crippen molar-refractivity contribution in [1.82, 2.24) is 5.32 Å². The van der Waals surface area contributed by atoms with Crippen LogP contribution in [0, 0.1) is 0 Å². The van der Waals surface area contributed by atoms with Crippen molar-refractivity contribution in [2.24, 2.45) is 0 Å². The second-order valence-electron chi connectivity index (χ2n) is 7.65. The molecule has 0 aromatic heterocycles. The summed E-state index contributed by atoms with van der Waals surface area (Å²) >= 11 is 0. The van der Waals surface area contributed by atoms with E-state index in [1.807, 2.05) is 27.7 Å². The van der Waals surface area contributed by atoms with Crippen LogP contribution in [0.15, 0.2) is 12.1 Å². The highest BCUT2D eigenvalue weighted by atomic mass is 16.5. The van der Waals surface area contributed by atoms with Crippen LogP contribution in [0.2, 0.25) is 0 Å². The Kier molecular flexibility index (Phi) is 3.92. The van der Waals surface area contributed by atoms with Gasteiger partial charge >= 0.3 is 0 Å². The SMILES string of the molecule is CC1(C)CC(=O)c2c(ccc(C(=O)C[C@@H]3COC(C)(C)N3)c2N)O1. The van der Waals surface area contributed by atoms with Gasteiger partial charge in [0.15, 0.2) is 11.6 Å². The summed E-state index contributed by atoms with van der Waals surface area (Å²) in [5.41, 5.74) is 6.07. The minimum Gasteiger partial charge on any atom is -0.487 e. The predicted molar refractivity (Wildman–Crippen MR) is 90.4 cm³/mol. The van der Waals surface area contributed by atoms with Gasteiger partial charge in [0, 0.05) is 18.0 Å². The lowest BCUT2D eigenvalue weighted by Gasteiger charge is -2.32. The van der Waals surface area contributed by atoms with Gasteiger partial charge in [-0.1, -0.05) is 0 Å². The van der Waals surface area contributed by atoms with E-state index in [1.165, 1.54) is 0 Å². The van der Waals surface area contributed by atoms with Crippen molar-refractivity contribution in [2.75, 3.05) is 12.3 Å². The maximum atomic E-state index is 12.6. The smallest absolute Gasteiger partial charge is 0.172 e. The first-order chi connectivity index (χ1) is 11.1. The van der Waals surface area contributed by atoms with E-state index in [0.29, 0.717) is 23.5 Å². The molecule has 130 valence electrons. The Balaban J connectivity index is 1.84. The van der Waals surface area contributed by atoms with Crippen molar-refractivity contribution in [3.63, 3.8) is 0 Å². The van der Waals surface area contributed by atoms with Gasteiger partial charge in [0.05, 0.1) is 24.3 Å². The molecule has 6 nitrogen and oxygen atoms in total. The van der Waals surface area contributed by atoms with Crippen molar-refractivity contribution in [3.05, 3.63) is 23.3 Å². The monoisotopic (exact) mass is 332 g/mol. The number of benzene rings is 1. The molecule has 0 bridgehead atoms. The number of nitrogen functional groups attached to an aromatic ring is 1. The van der Waals surface area contributed by atoms with Gasteiger partial charge < -0.3 is 15.2 Å². The molecule has 3 N–H and O–H groups in total. The molecule has 6 heteroatoms. The third kappa shape index (κ3) is 3.16.